The summed E-state index contributed by atoms with van der Waals surface area (Å²) in [6, 6.07) is 14.8. The fourth-order valence-corrected chi connectivity index (χ4v) is 4.27. The maximum Gasteiger partial charge on any atom is 0.0762 e. The average molecular weight is 410 g/mol. The summed E-state index contributed by atoms with van der Waals surface area (Å²) >= 11 is 6.61. The number of nitriles is 1. The van der Waals surface area contributed by atoms with Gasteiger partial charge in [-0.15, -0.1) is 0 Å². The van der Waals surface area contributed by atoms with E-state index >= 15 is 0 Å². The zero-order chi connectivity index (χ0) is 20.4. The molecule has 2 fully saturated rings. The lowest BCUT2D eigenvalue weighted by Crippen LogP contribution is -2.33. The Hall–Kier alpha value is -2.26. The van der Waals surface area contributed by atoms with Crippen LogP contribution in [0.3, 0.4) is 0 Å². The summed E-state index contributed by atoms with van der Waals surface area (Å²) in [5, 5.41) is 11.3. The maximum atomic E-state index is 9.04. The topological polar surface area (TPSA) is 82.3 Å². The van der Waals surface area contributed by atoms with Gasteiger partial charge in [0.25, 0.3) is 0 Å². The molecule has 0 spiro atoms. The monoisotopic (exact) mass is 409 g/mol. The number of hydrogen-bond donors (Lipinski definition) is 2. The van der Waals surface area contributed by atoms with Gasteiger partial charge in [-0.3, -0.25) is 4.90 Å². The Labute approximate surface area is 177 Å². The van der Waals surface area contributed by atoms with E-state index in [4.69, 9.17) is 28.4 Å². The molecule has 1 aliphatic carbocycles. The standard InChI is InChI=1S/C23H28ClN5/c24-22-20(7-8-21(23(22)26)29(27)15-18-1-2-18)19-5-3-17(4-6-19)14-28-11-9-16(13-25)10-12-28/h3-8,16,18H,1-2,9-12,14-15,26-27H2. The van der Waals surface area contributed by atoms with Crippen molar-refractivity contribution in [2.75, 3.05) is 30.4 Å². The second kappa shape index (κ2) is 8.62. The minimum atomic E-state index is 0.220. The fourth-order valence-electron chi connectivity index (χ4n) is 4.00. The molecule has 0 bridgehead atoms. The fraction of sp³-hybridized carbons (Fsp3) is 0.435. The zero-order valence-corrected chi connectivity index (χ0v) is 17.4. The summed E-state index contributed by atoms with van der Waals surface area (Å²) in [6.45, 7) is 3.71. The number of anilines is 2. The van der Waals surface area contributed by atoms with Gasteiger partial charge < -0.3 is 10.7 Å². The molecule has 5 nitrogen and oxygen atoms in total. The van der Waals surface area contributed by atoms with E-state index in [2.05, 4.69) is 35.2 Å². The van der Waals surface area contributed by atoms with Crippen LogP contribution in [0.15, 0.2) is 36.4 Å². The molecule has 2 aromatic rings. The summed E-state index contributed by atoms with van der Waals surface area (Å²) < 4.78 is 0. The van der Waals surface area contributed by atoms with E-state index in [-0.39, 0.29) is 5.92 Å². The van der Waals surface area contributed by atoms with Gasteiger partial charge in [0.15, 0.2) is 0 Å². The third-order valence-corrected chi connectivity index (χ3v) is 6.47. The molecular weight excluding hydrogens is 382 g/mol. The van der Waals surface area contributed by atoms with Gasteiger partial charge in [0.2, 0.25) is 0 Å². The number of rotatable bonds is 6. The van der Waals surface area contributed by atoms with Gasteiger partial charge in [-0.2, -0.15) is 5.26 Å². The highest BCUT2D eigenvalue weighted by atomic mass is 35.5. The van der Waals surface area contributed by atoms with E-state index in [0.29, 0.717) is 16.6 Å². The molecule has 1 saturated carbocycles. The lowest BCUT2D eigenvalue weighted by atomic mass is 9.98. The predicted molar refractivity (Wildman–Crippen MR) is 119 cm³/mol. The third kappa shape index (κ3) is 4.67. The van der Waals surface area contributed by atoms with Gasteiger partial charge in [-0.05, 0) is 61.9 Å². The quantitative estimate of drug-likeness (QED) is 0.419. The summed E-state index contributed by atoms with van der Waals surface area (Å²) in [5.74, 6) is 7.09. The van der Waals surface area contributed by atoms with E-state index in [1.165, 1.54) is 18.4 Å². The molecule has 152 valence electrons. The highest BCUT2D eigenvalue weighted by Crippen LogP contribution is 2.39. The van der Waals surface area contributed by atoms with Crippen molar-refractivity contribution in [3.63, 3.8) is 0 Å². The number of piperidine rings is 1. The number of nitrogens with zero attached hydrogens (tertiary/aromatic N) is 3. The lowest BCUT2D eigenvalue weighted by Gasteiger charge is -2.29. The highest BCUT2D eigenvalue weighted by molar-refractivity contribution is 6.36. The van der Waals surface area contributed by atoms with Crippen LogP contribution < -0.4 is 16.6 Å². The SMILES string of the molecule is N#CC1CCN(Cc2ccc(-c3ccc(N(N)CC4CC4)c(N)c3Cl)cc2)CC1. The Bertz CT molecular complexity index is 893. The Morgan fingerprint density at radius 3 is 2.38 bits per heavy atom. The number of likely N-dealkylation sites (tertiary alicyclic amines) is 1. The molecule has 0 unspecified atom stereocenters. The van der Waals surface area contributed by atoms with Crippen LogP contribution in [0, 0.1) is 23.2 Å². The average Bonchev–Trinajstić information content (AvgIpc) is 3.55. The van der Waals surface area contributed by atoms with E-state index in [9.17, 15) is 0 Å². The normalized spacial score (nSPS) is 17.8. The van der Waals surface area contributed by atoms with Crippen molar-refractivity contribution < 1.29 is 0 Å². The summed E-state index contributed by atoms with van der Waals surface area (Å²) in [4.78, 5) is 2.41. The maximum absolute atomic E-state index is 9.04. The van der Waals surface area contributed by atoms with Crippen molar-refractivity contribution >= 4 is 23.0 Å². The van der Waals surface area contributed by atoms with Gasteiger partial charge >= 0.3 is 0 Å². The smallest absolute Gasteiger partial charge is 0.0762 e. The van der Waals surface area contributed by atoms with Crippen LogP contribution >= 0.6 is 11.6 Å². The van der Waals surface area contributed by atoms with Gasteiger partial charge in [0, 0.05) is 24.6 Å². The van der Waals surface area contributed by atoms with Crippen molar-refractivity contribution in [3.05, 3.63) is 47.0 Å². The Morgan fingerprint density at radius 2 is 1.76 bits per heavy atom. The summed E-state index contributed by atoms with van der Waals surface area (Å²) in [7, 11) is 0. The number of nitrogen functional groups attached to an aromatic ring is 1. The first-order chi connectivity index (χ1) is 14.0. The first-order valence-electron chi connectivity index (χ1n) is 10.4. The molecule has 0 atom stereocenters. The van der Waals surface area contributed by atoms with Crippen LogP contribution in [0.1, 0.15) is 31.2 Å². The van der Waals surface area contributed by atoms with Crippen LogP contribution in [0.5, 0.6) is 0 Å². The van der Waals surface area contributed by atoms with Crippen molar-refractivity contribution in [2.24, 2.45) is 17.7 Å². The molecule has 2 aromatic carbocycles. The second-order valence-electron chi connectivity index (χ2n) is 8.33. The molecule has 1 aliphatic heterocycles. The molecule has 1 heterocycles. The molecule has 0 aromatic heterocycles. The first kappa shape index (κ1) is 20.0. The molecule has 1 saturated heterocycles. The van der Waals surface area contributed by atoms with Crippen LogP contribution in [0.2, 0.25) is 5.02 Å². The number of benzene rings is 2. The molecule has 4 N–H and O–H groups in total. The van der Waals surface area contributed by atoms with E-state index < -0.39 is 0 Å². The Morgan fingerprint density at radius 1 is 1.07 bits per heavy atom. The number of hydrazine groups is 1. The summed E-state index contributed by atoms with van der Waals surface area (Å²) in [5.41, 5.74) is 10.9. The Balaban J connectivity index is 1.44. The second-order valence-corrected chi connectivity index (χ2v) is 8.71. The molecule has 29 heavy (non-hydrogen) atoms. The largest absolute Gasteiger partial charge is 0.396 e. The number of nitrogens with two attached hydrogens (primary N) is 2. The third-order valence-electron chi connectivity index (χ3n) is 6.06. The van der Waals surface area contributed by atoms with E-state index in [0.717, 1.165) is 55.8 Å². The molecule has 2 aliphatic rings. The predicted octanol–water partition coefficient (Wildman–Crippen LogP) is 4.41. The number of halogens is 1. The van der Waals surface area contributed by atoms with Gasteiger partial charge in [0.05, 0.1) is 22.5 Å². The molecule has 0 radical (unpaired) electrons. The highest BCUT2D eigenvalue weighted by Gasteiger charge is 2.25. The van der Waals surface area contributed by atoms with E-state index in [1.54, 1.807) is 5.01 Å². The van der Waals surface area contributed by atoms with Crippen LogP contribution in [-0.4, -0.2) is 24.5 Å². The van der Waals surface area contributed by atoms with Crippen LogP contribution in [0.25, 0.3) is 11.1 Å². The Kier molecular flexibility index (Phi) is 5.96. The van der Waals surface area contributed by atoms with Crippen LogP contribution in [0.4, 0.5) is 11.4 Å². The first-order valence-corrected chi connectivity index (χ1v) is 10.7. The van der Waals surface area contributed by atoms with Gasteiger partial charge in [-0.25, -0.2) is 5.84 Å². The minimum absolute atomic E-state index is 0.220. The van der Waals surface area contributed by atoms with Gasteiger partial charge in [0.1, 0.15) is 0 Å². The molecular formula is C23H28ClN5. The van der Waals surface area contributed by atoms with Crippen molar-refractivity contribution in [1.29, 1.82) is 5.26 Å². The van der Waals surface area contributed by atoms with E-state index in [1.807, 2.05) is 12.1 Å². The lowest BCUT2D eigenvalue weighted by molar-refractivity contribution is 0.198. The zero-order valence-electron chi connectivity index (χ0n) is 16.6. The minimum Gasteiger partial charge on any atom is -0.396 e. The summed E-state index contributed by atoms with van der Waals surface area (Å²) in [6.07, 6.45) is 4.41. The molecule has 6 heteroatoms. The molecule has 4 rings (SSSR count). The van der Waals surface area contributed by atoms with Gasteiger partial charge in [-0.1, -0.05) is 41.9 Å². The number of hydrogen-bond acceptors (Lipinski definition) is 5. The van der Waals surface area contributed by atoms with Crippen molar-refractivity contribution in [1.82, 2.24) is 4.90 Å². The van der Waals surface area contributed by atoms with Crippen molar-refractivity contribution in [3.8, 4) is 17.2 Å². The van der Waals surface area contributed by atoms with Crippen molar-refractivity contribution in [2.45, 2.75) is 32.2 Å². The van der Waals surface area contributed by atoms with Crippen LogP contribution in [-0.2, 0) is 6.54 Å². The molecule has 0 amide bonds.